The smallest absolute Gasteiger partial charge is 0.322 e. The molecular formula is C31H42ClFN4O2. The lowest BCUT2D eigenvalue weighted by Crippen LogP contribution is -2.50. The zero-order chi connectivity index (χ0) is 28.3. The molecule has 2 aromatic rings. The van der Waals surface area contributed by atoms with E-state index in [9.17, 15) is 14.0 Å². The Kier molecular flexibility index (Phi) is 9.22. The fourth-order valence-electron chi connectivity index (χ4n) is 6.42. The third kappa shape index (κ3) is 6.93. The number of hydrogen-bond acceptors (Lipinski definition) is 3. The summed E-state index contributed by atoms with van der Waals surface area (Å²) in [4.78, 5) is 29.4. The molecule has 2 aliphatic carbocycles. The fourth-order valence-corrected chi connectivity index (χ4v) is 6.60. The van der Waals surface area contributed by atoms with Gasteiger partial charge in [0.05, 0.1) is 5.02 Å². The van der Waals surface area contributed by atoms with E-state index in [1.165, 1.54) is 24.6 Å². The molecule has 0 saturated heterocycles. The Balaban J connectivity index is 1.48. The first kappa shape index (κ1) is 29.3. The van der Waals surface area contributed by atoms with Crippen molar-refractivity contribution in [3.8, 4) is 0 Å². The van der Waals surface area contributed by atoms with Crippen LogP contribution >= 0.6 is 11.6 Å². The Morgan fingerprint density at radius 1 is 1.10 bits per heavy atom. The number of halogens is 2. The van der Waals surface area contributed by atoms with Gasteiger partial charge in [0, 0.05) is 50.4 Å². The van der Waals surface area contributed by atoms with Crippen LogP contribution in [0.2, 0.25) is 5.02 Å². The van der Waals surface area contributed by atoms with Gasteiger partial charge < -0.3 is 15.5 Å². The van der Waals surface area contributed by atoms with Crippen molar-refractivity contribution in [1.29, 1.82) is 0 Å². The molecule has 8 heteroatoms. The number of benzene rings is 2. The molecule has 212 valence electrons. The normalized spacial score (nSPS) is 22.1. The van der Waals surface area contributed by atoms with Gasteiger partial charge in [-0.2, -0.15) is 0 Å². The van der Waals surface area contributed by atoms with Crippen molar-refractivity contribution in [3.05, 3.63) is 64.4 Å². The molecule has 39 heavy (non-hydrogen) atoms. The largest absolute Gasteiger partial charge is 0.352 e. The maximum atomic E-state index is 13.7. The first-order valence-electron chi connectivity index (χ1n) is 14.1. The van der Waals surface area contributed by atoms with Gasteiger partial charge in [0.15, 0.2) is 0 Å². The summed E-state index contributed by atoms with van der Waals surface area (Å²) in [6.07, 6.45) is 4.03. The van der Waals surface area contributed by atoms with E-state index in [0.717, 1.165) is 37.8 Å². The van der Waals surface area contributed by atoms with Crippen LogP contribution in [0.25, 0.3) is 0 Å². The van der Waals surface area contributed by atoms with E-state index in [-0.39, 0.29) is 28.4 Å². The van der Waals surface area contributed by atoms with Gasteiger partial charge in [-0.25, -0.2) is 9.18 Å². The highest BCUT2D eigenvalue weighted by Gasteiger charge is 2.58. The van der Waals surface area contributed by atoms with Gasteiger partial charge in [-0.3, -0.25) is 9.69 Å². The van der Waals surface area contributed by atoms with Crippen molar-refractivity contribution in [2.45, 2.75) is 90.4 Å². The number of hydrogen-bond donors (Lipinski definition) is 2. The lowest BCUT2D eigenvalue weighted by Gasteiger charge is -2.39. The predicted molar refractivity (Wildman–Crippen MR) is 155 cm³/mol. The maximum Gasteiger partial charge on any atom is 0.322 e. The molecule has 2 fully saturated rings. The molecular weight excluding hydrogens is 515 g/mol. The molecule has 4 rings (SSSR count). The highest BCUT2D eigenvalue weighted by Crippen LogP contribution is 2.62. The van der Waals surface area contributed by atoms with Crippen molar-refractivity contribution in [1.82, 2.24) is 15.1 Å². The van der Waals surface area contributed by atoms with Crippen molar-refractivity contribution < 1.29 is 14.0 Å². The van der Waals surface area contributed by atoms with Crippen LogP contribution in [0.5, 0.6) is 0 Å². The van der Waals surface area contributed by atoms with Gasteiger partial charge in [0.25, 0.3) is 0 Å². The second-order valence-electron chi connectivity index (χ2n) is 11.8. The SMILES string of the molecule is CC(=O)NCc1cccc([C@]23CCC(N(CCN(C(C)C)C(C)C)C(=O)Nc4ccc(F)c(Cl)c4)CC2C3)c1. The topological polar surface area (TPSA) is 64.7 Å². The second kappa shape index (κ2) is 12.3. The summed E-state index contributed by atoms with van der Waals surface area (Å²) in [7, 11) is 0. The molecule has 6 nitrogen and oxygen atoms in total. The Hall–Kier alpha value is -2.64. The highest BCUT2D eigenvalue weighted by molar-refractivity contribution is 6.31. The molecule has 2 aromatic carbocycles. The number of nitrogens with one attached hydrogen (secondary N) is 2. The summed E-state index contributed by atoms with van der Waals surface area (Å²) in [5, 5.41) is 5.86. The van der Waals surface area contributed by atoms with E-state index >= 15 is 0 Å². The minimum Gasteiger partial charge on any atom is -0.352 e. The molecule has 0 radical (unpaired) electrons. The predicted octanol–water partition coefficient (Wildman–Crippen LogP) is 6.58. The molecule has 0 heterocycles. The fraction of sp³-hybridized carbons (Fsp3) is 0.548. The molecule has 0 spiro atoms. The number of amides is 3. The van der Waals surface area contributed by atoms with Gasteiger partial charge >= 0.3 is 6.03 Å². The summed E-state index contributed by atoms with van der Waals surface area (Å²) in [5.74, 6) is -0.0122. The molecule has 2 saturated carbocycles. The quantitative estimate of drug-likeness (QED) is 0.347. The molecule has 2 unspecified atom stereocenters. The number of rotatable bonds is 10. The van der Waals surface area contributed by atoms with Crippen LogP contribution in [0.1, 0.15) is 71.4 Å². The summed E-state index contributed by atoms with van der Waals surface area (Å²) >= 11 is 5.98. The molecule has 2 aliphatic rings. The molecule has 2 N–H and O–H groups in total. The third-order valence-corrected chi connectivity index (χ3v) is 8.84. The molecule has 3 amide bonds. The Morgan fingerprint density at radius 3 is 2.49 bits per heavy atom. The summed E-state index contributed by atoms with van der Waals surface area (Å²) in [6, 6.07) is 13.6. The lowest BCUT2D eigenvalue weighted by molar-refractivity contribution is -0.119. The monoisotopic (exact) mass is 556 g/mol. The number of anilines is 1. The van der Waals surface area contributed by atoms with Gasteiger partial charge in [-0.1, -0.05) is 35.9 Å². The van der Waals surface area contributed by atoms with Crippen LogP contribution in [0.3, 0.4) is 0 Å². The van der Waals surface area contributed by atoms with Gasteiger partial charge in [-0.05, 0) is 94.0 Å². The van der Waals surface area contributed by atoms with Crippen LogP contribution in [0.15, 0.2) is 42.5 Å². The standard InChI is InChI=1S/C31H42ClFN4O2/c1-20(2)36(21(3)4)13-14-37(30(39)35-26-9-10-29(33)28(32)17-26)27-11-12-31(18-25(31)16-27)24-8-6-7-23(15-24)19-34-22(5)38/h6-10,15,17,20-21,25,27H,11-14,16,18-19H2,1-5H3,(H,34,38)(H,35,39)/t25?,27?,31-/m1/s1. The number of fused-ring (bicyclic) bond motifs is 1. The number of nitrogens with zero attached hydrogens (tertiary/aromatic N) is 2. The number of urea groups is 1. The van der Waals surface area contributed by atoms with Crippen LogP contribution in [-0.2, 0) is 16.8 Å². The molecule has 3 atom stereocenters. The van der Waals surface area contributed by atoms with Crippen LogP contribution in [0.4, 0.5) is 14.9 Å². The Labute approximate surface area is 237 Å². The number of carbonyl (C=O) groups is 2. The van der Waals surface area contributed by atoms with Crippen molar-refractivity contribution in [3.63, 3.8) is 0 Å². The summed E-state index contributed by atoms with van der Waals surface area (Å²) < 4.78 is 13.7. The van der Waals surface area contributed by atoms with Crippen LogP contribution in [0, 0.1) is 11.7 Å². The lowest BCUT2D eigenvalue weighted by atomic mass is 9.80. The van der Waals surface area contributed by atoms with E-state index in [0.29, 0.717) is 36.8 Å². The minimum absolute atomic E-state index is 0.00805. The Morgan fingerprint density at radius 2 is 1.85 bits per heavy atom. The average Bonchev–Trinajstić information content (AvgIpc) is 3.62. The first-order chi connectivity index (χ1) is 18.5. The summed E-state index contributed by atoms with van der Waals surface area (Å²) in [5.41, 5.74) is 3.12. The second-order valence-corrected chi connectivity index (χ2v) is 12.2. The van der Waals surface area contributed by atoms with Gasteiger partial charge in [0.2, 0.25) is 5.91 Å². The molecule has 0 bridgehead atoms. The van der Waals surface area contributed by atoms with Crippen molar-refractivity contribution in [2.75, 3.05) is 18.4 Å². The minimum atomic E-state index is -0.505. The van der Waals surface area contributed by atoms with Crippen molar-refractivity contribution >= 4 is 29.2 Å². The molecule has 0 aliphatic heterocycles. The van der Waals surface area contributed by atoms with Crippen molar-refractivity contribution in [2.24, 2.45) is 5.92 Å². The van der Waals surface area contributed by atoms with Gasteiger partial charge in [-0.15, -0.1) is 0 Å². The van der Waals surface area contributed by atoms with E-state index in [1.807, 2.05) is 4.90 Å². The zero-order valence-electron chi connectivity index (χ0n) is 23.8. The van der Waals surface area contributed by atoms with Gasteiger partial charge in [0.1, 0.15) is 5.82 Å². The van der Waals surface area contributed by atoms with Crippen LogP contribution in [-0.4, -0.2) is 53.0 Å². The zero-order valence-corrected chi connectivity index (χ0v) is 24.5. The van der Waals surface area contributed by atoms with E-state index in [1.54, 1.807) is 6.07 Å². The van der Waals surface area contributed by atoms with E-state index in [4.69, 9.17) is 11.6 Å². The number of carbonyl (C=O) groups excluding carboxylic acids is 2. The van der Waals surface area contributed by atoms with E-state index < -0.39 is 5.82 Å². The maximum absolute atomic E-state index is 13.7. The van der Waals surface area contributed by atoms with Crippen LogP contribution < -0.4 is 10.6 Å². The average molecular weight is 557 g/mol. The third-order valence-electron chi connectivity index (χ3n) is 8.55. The highest BCUT2D eigenvalue weighted by atomic mass is 35.5. The molecule has 0 aromatic heterocycles. The first-order valence-corrected chi connectivity index (χ1v) is 14.5. The van der Waals surface area contributed by atoms with E-state index in [2.05, 4.69) is 67.5 Å². The Bertz CT molecular complexity index is 1180. The summed E-state index contributed by atoms with van der Waals surface area (Å²) in [6.45, 7) is 12.2.